The van der Waals surface area contributed by atoms with Crippen molar-refractivity contribution in [3.05, 3.63) is 83.2 Å². The van der Waals surface area contributed by atoms with E-state index in [2.05, 4.69) is 13.8 Å². The number of para-hydroxylation sites is 1. The fourth-order valence-electron chi connectivity index (χ4n) is 5.42. The van der Waals surface area contributed by atoms with Crippen LogP contribution in [0.3, 0.4) is 0 Å². The fourth-order valence-corrected chi connectivity index (χ4v) is 5.42. The quantitative estimate of drug-likeness (QED) is 0.592. The molecule has 3 heterocycles. The van der Waals surface area contributed by atoms with E-state index in [4.69, 9.17) is 5.10 Å². The average molecular weight is 443 g/mol. The summed E-state index contributed by atoms with van der Waals surface area (Å²) in [7, 11) is 0. The molecular weight excluding hydrogens is 412 g/mol. The Hall–Kier alpha value is -3.41. The Balaban J connectivity index is 1.49. The Morgan fingerprint density at radius 3 is 2.36 bits per heavy atom. The van der Waals surface area contributed by atoms with Gasteiger partial charge in [-0.05, 0) is 49.9 Å². The number of hydrogen-bond donors (Lipinski definition) is 0. The Morgan fingerprint density at radius 2 is 1.70 bits per heavy atom. The Morgan fingerprint density at radius 1 is 1.03 bits per heavy atom. The van der Waals surface area contributed by atoms with E-state index in [1.54, 1.807) is 4.68 Å². The van der Waals surface area contributed by atoms with Gasteiger partial charge in [0.1, 0.15) is 5.69 Å². The third-order valence-electron chi connectivity index (χ3n) is 6.87. The van der Waals surface area contributed by atoms with Crippen LogP contribution in [0, 0.1) is 12.8 Å². The van der Waals surface area contributed by atoms with Crippen LogP contribution in [0.1, 0.15) is 64.8 Å². The number of piperidine rings is 1. The fraction of sp³-hybridized carbons (Fsp3) is 0.370. The summed E-state index contributed by atoms with van der Waals surface area (Å²) >= 11 is 0. The molecule has 170 valence electrons. The van der Waals surface area contributed by atoms with Crippen molar-refractivity contribution in [1.82, 2.24) is 19.6 Å². The highest BCUT2D eigenvalue weighted by Crippen LogP contribution is 2.43. The van der Waals surface area contributed by atoms with Crippen LogP contribution < -0.4 is 0 Å². The molecule has 0 aliphatic carbocycles. The van der Waals surface area contributed by atoms with Crippen LogP contribution in [0.4, 0.5) is 0 Å². The largest absolute Gasteiger partial charge is 0.337 e. The van der Waals surface area contributed by atoms with Crippen molar-refractivity contribution in [2.75, 3.05) is 13.1 Å². The van der Waals surface area contributed by atoms with Crippen molar-refractivity contribution < 1.29 is 9.59 Å². The first kappa shape index (κ1) is 21.4. The average Bonchev–Trinajstić information content (AvgIpc) is 3.35. The minimum Gasteiger partial charge on any atom is -0.337 e. The number of aryl methyl sites for hydroxylation is 1. The lowest BCUT2D eigenvalue weighted by Gasteiger charge is -2.41. The molecule has 0 spiro atoms. The molecule has 2 unspecified atom stereocenters. The SMILES string of the molecule is Cc1nn(-c2ccccc2)c2c1C(C(C)C)N(C1CCCN(C(=O)c3ccccc3)C1)C2=O. The second-order valence-corrected chi connectivity index (χ2v) is 9.41. The Labute approximate surface area is 194 Å². The number of aromatic nitrogens is 2. The summed E-state index contributed by atoms with van der Waals surface area (Å²) in [5.41, 5.74) is 4.19. The number of amides is 2. The molecule has 2 aromatic carbocycles. The lowest BCUT2D eigenvalue weighted by atomic mass is 9.94. The van der Waals surface area contributed by atoms with Gasteiger partial charge in [-0.3, -0.25) is 9.59 Å². The lowest BCUT2D eigenvalue weighted by Crippen LogP contribution is -2.51. The molecule has 6 nitrogen and oxygen atoms in total. The van der Waals surface area contributed by atoms with Crippen molar-refractivity contribution in [2.45, 2.75) is 45.7 Å². The number of carbonyl (C=O) groups excluding carboxylic acids is 2. The van der Waals surface area contributed by atoms with Crippen LogP contribution in [0.2, 0.25) is 0 Å². The first-order chi connectivity index (χ1) is 16.0. The number of carbonyl (C=O) groups is 2. The van der Waals surface area contributed by atoms with Crippen molar-refractivity contribution in [1.29, 1.82) is 0 Å². The third-order valence-corrected chi connectivity index (χ3v) is 6.87. The van der Waals surface area contributed by atoms with Gasteiger partial charge < -0.3 is 9.80 Å². The second-order valence-electron chi connectivity index (χ2n) is 9.41. The third kappa shape index (κ3) is 3.63. The van der Waals surface area contributed by atoms with E-state index in [1.165, 1.54) is 0 Å². The highest BCUT2D eigenvalue weighted by molar-refractivity contribution is 5.99. The van der Waals surface area contributed by atoms with E-state index >= 15 is 0 Å². The number of nitrogens with zero attached hydrogens (tertiary/aromatic N) is 4. The lowest BCUT2D eigenvalue weighted by molar-refractivity contribution is 0.0344. The molecule has 0 radical (unpaired) electrons. The molecule has 6 heteroatoms. The molecule has 1 aromatic heterocycles. The number of hydrogen-bond acceptors (Lipinski definition) is 3. The van der Waals surface area contributed by atoms with Gasteiger partial charge in [0.05, 0.1) is 23.5 Å². The predicted octanol–water partition coefficient (Wildman–Crippen LogP) is 4.64. The van der Waals surface area contributed by atoms with E-state index in [0.29, 0.717) is 17.8 Å². The maximum Gasteiger partial charge on any atom is 0.273 e. The zero-order chi connectivity index (χ0) is 23.1. The summed E-state index contributed by atoms with van der Waals surface area (Å²) in [5, 5.41) is 4.75. The molecule has 2 atom stereocenters. The van der Waals surface area contributed by atoms with Gasteiger partial charge in [0.15, 0.2) is 0 Å². The summed E-state index contributed by atoms with van der Waals surface area (Å²) in [5.74, 6) is 0.298. The highest BCUT2D eigenvalue weighted by Gasteiger charge is 2.47. The first-order valence-electron chi connectivity index (χ1n) is 11.8. The Bertz CT molecular complexity index is 1170. The molecular formula is C27H30N4O2. The number of rotatable bonds is 4. The van der Waals surface area contributed by atoms with E-state index in [0.717, 1.165) is 36.3 Å². The van der Waals surface area contributed by atoms with Crippen molar-refractivity contribution in [2.24, 2.45) is 5.92 Å². The molecule has 0 bridgehead atoms. The standard InChI is InChI=1S/C27H30N4O2/c1-18(2)24-23-19(3)28-31(21-13-8-5-9-14-21)25(23)27(33)30(24)22-15-10-16-29(17-22)26(32)20-11-6-4-7-12-20/h4-9,11-14,18,22,24H,10,15-17H2,1-3H3. The van der Waals surface area contributed by atoms with Crippen LogP contribution in [-0.2, 0) is 0 Å². The molecule has 3 aromatic rings. The number of fused-ring (bicyclic) bond motifs is 1. The van der Waals surface area contributed by atoms with E-state index in [-0.39, 0.29) is 29.8 Å². The summed E-state index contributed by atoms with van der Waals surface area (Å²) in [6.45, 7) is 7.60. The van der Waals surface area contributed by atoms with E-state index in [1.807, 2.05) is 77.4 Å². The summed E-state index contributed by atoms with van der Waals surface area (Å²) < 4.78 is 1.80. The molecule has 0 saturated carbocycles. The molecule has 1 saturated heterocycles. The van der Waals surface area contributed by atoms with Crippen LogP contribution in [0.15, 0.2) is 60.7 Å². The summed E-state index contributed by atoms with van der Waals surface area (Å²) in [6.07, 6.45) is 1.79. The molecule has 2 aliphatic heterocycles. The van der Waals surface area contributed by atoms with Gasteiger partial charge in [-0.25, -0.2) is 4.68 Å². The van der Waals surface area contributed by atoms with Gasteiger partial charge in [-0.1, -0.05) is 50.2 Å². The maximum absolute atomic E-state index is 13.9. The van der Waals surface area contributed by atoms with Crippen LogP contribution in [0.25, 0.3) is 5.69 Å². The van der Waals surface area contributed by atoms with Gasteiger partial charge in [-0.2, -0.15) is 5.10 Å². The smallest absolute Gasteiger partial charge is 0.273 e. The Kier molecular flexibility index (Phi) is 5.52. The van der Waals surface area contributed by atoms with Gasteiger partial charge in [0, 0.05) is 24.2 Å². The van der Waals surface area contributed by atoms with E-state index in [9.17, 15) is 9.59 Å². The molecule has 2 aliphatic rings. The number of likely N-dealkylation sites (tertiary alicyclic amines) is 1. The van der Waals surface area contributed by atoms with Crippen LogP contribution in [0.5, 0.6) is 0 Å². The molecule has 1 fully saturated rings. The minimum atomic E-state index is -0.0401. The van der Waals surface area contributed by atoms with Crippen molar-refractivity contribution in [3.63, 3.8) is 0 Å². The summed E-state index contributed by atoms with van der Waals surface area (Å²) in [4.78, 5) is 31.0. The molecule has 0 N–H and O–H groups in total. The first-order valence-corrected chi connectivity index (χ1v) is 11.8. The van der Waals surface area contributed by atoms with Gasteiger partial charge in [-0.15, -0.1) is 0 Å². The van der Waals surface area contributed by atoms with Crippen LogP contribution in [-0.4, -0.2) is 50.5 Å². The molecule has 5 rings (SSSR count). The minimum absolute atomic E-state index is 0.0117. The summed E-state index contributed by atoms with van der Waals surface area (Å²) in [6, 6.07) is 19.2. The topological polar surface area (TPSA) is 58.4 Å². The highest BCUT2D eigenvalue weighted by atomic mass is 16.2. The van der Waals surface area contributed by atoms with Crippen molar-refractivity contribution in [3.8, 4) is 5.69 Å². The van der Waals surface area contributed by atoms with Gasteiger partial charge >= 0.3 is 0 Å². The van der Waals surface area contributed by atoms with Crippen LogP contribution >= 0.6 is 0 Å². The zero-order valence-corrected chi connectivity index (χ0v) is 19.4. The monoisotopic (exact) mass is 442 g/mol. The van der Waals surface area contributed by atoms with Gasteiger partial charge in [0.25, 0.3) is 11.8 Å². The maximum atomic E-state index is 13.9. The predicted molar refractivity (Wildman–Crippen MR) is 127 cm³/mol. The number of benzene rings is 2. The molecule has 2 amide bonds. The normalized spacial score (nSPS) is 20.4. The van der Waals surface area contributed by atoms with Crippen molar-refractivity contribution >= 4 is 11.8 Å². The van der Waals surface area contributed by atoms with Gasteiger partial charge in [0.2, 0.25) is 0 Å². The molecule has 33 heavy (non-hydrogen) atoms. The second kappa shape index (κ2) is 8.50. The van der Waals surface area contributed by atoms with E-state index < -0.39 is 0 Å². The zero-order valence-electron chi connectivity index (χ0n) is 19.4.